The number of benzene rings is 1. The second-order valence-corrected chi connectivity index (χ2v) is 11.2. The summed E-state index contributed by atoms with van der Waals surface area (Å²) in [5.41, 5.74) is 0.907. The lowest BCUT2D eigenvalue weighted by atomic mass is 9.47. The summed E-state index contributed by atoms with van der Waals surface area (Å²) in [6, 6.07) is 9.00. The van der Waals surface area contributed by atoms with Crippen molar-refractivity contribution < 1.29 is 8.42 Å². The van der Waals surface area contributed by atoms with Crippen LogP contribution in [0.4, 0.5) is 5.69 Å². The second kappa shape index (κ2) is 7.96. The van der Waals surface area contributed by atoms with Crippen LogP contribution in [0.1, 0.15) is 52.4 Å². The summed E-state index contributed by atoms with van der Waals surface area (Å²) in [5, 5.41) is 3.87. The Morgan fingerprint density at radius 3 is 2.36 bits per heavy atom. The number of hydrogen-bond donors (Lipinski definition) is 3. The molecule has 1 aromatic carbocycles. The maximum atomic E-state index is 12.1. The van der Waals surface area contributed by atoms with Crippen LogP contribution in [0.15, 0.2) is 30.3 Å². The molecule has 0 aromatic heterocycles. The summed E-state index contributed by atoms with van der Waals surface area (Å²) < 4.78 is 29.5. The Kier molecular flexibility index (Phi) is 5.73. The van der Waals surface area contributed by atoms with Gasteiger partial charge in [-0.1, -0.05) is 32.0 Å². The average Bonchev–Trinajstić information content (AvgIpc) is 2.60. The second-order valence-electron chi connectivity index (χ2n) is 9.72. The maximum Gasteiger partial charge on any atom is 0.299 e. The third-order valence-electron chi connectivity index (χ3n) is 7.29. The zero-order valence-electron chi connectivity index (χ0n) is 17.2. The fraction of sp³-hybridized carbons (Fsp3) is 0.727. The SMILES string of the molecule is CC(C)C1C2CC3CC1CC(NCCCNS(=O)(=O)Nc1ccccc1)(C3)C2. The molecule has 3 N–H and O–H groups in total. The highest BCUT2D eigenvalue weighted by Gasteiger charge is 2.55. The van der Waals surface area contributed by atoms with E-state index in [9.17, 15) is 8.42 Å². The molecule has 4 saturated carbocycles. The zero-order chi connectivity index (χ0) is 19.8. The van der Waals surface area contributed by atoms with E-state index in [0.29, 0.717) is 17.8 Å². The van der Waals surface area contributed by atoms with Gasteiger partial charge < -0.3 is 5.32 Å². The molecule has 4 aliphatic rings. The third-order valence-corrected chi connectivity index (χ3v) is 8.38. The van der Waals surface area contributed by atoms with E-state index in [1.165, 1.54) is 32.1 Å². The van der Waals surface area contributed by atoms with Crippen LogP contribution >= 0.6 is 0 Å². The van der Waals surface area contributed by atoms with Crippen LogP contribution < -0.4 is 14.8 Å². The summed E-state index contributed by atoms with van der Waals surface area (Å²) in [6.07, 6.45) is 7.66. The molecular formula is C22H35N3O2S. The molecule has 0 aliphatic heterocycles. The highest BCUT2D eigenvalue weighted by Crippen LogP contribution is 2.59. The zero-order valence-corrected chi connectivity index (χ0v) is 18.0. The number of rotatable bonds is 9. The van der Waals surface area contributed by atoms with Gasteiger partial charge in [0.2, 0.25) is 0 Å². The number of para-hydroxylation sites is 1. The van der Waals surface area contributed by atoms with Crippen LogP contribution in [0.3, 0.4) is 0 Å². The van der Waals surface area contributed by atoms with Gasteiger partial charge in [0, 0.05) is 17.8 Å². The van der Waals surface area contributed by atoms with Crippen LogP contribution in [-0.4, -0.2) is 27.0 Å². The molecule has 4 aliphatic carbocycles. The molecular weight excluding hydrogens is 370 g/mol. The lowest BCUT2D eigenvalue weighted by Gasteiger charge is -2.61. The van der Waals surface area contributed by atoms with Gasteiger partial charge in [-0.05, 0) is 86.8 Å². The van der Waals surface area contributed by atoms with E-state index in [1.54, 1.807) is 12.1 Å². The van der Waals surface area contributed by atoms with Crippen molar-refractivity contribution in [3.8, 4) is 0 Å². The first-order chi connectivity index (χ1) is 13.4. The van der Waals surface area contributed by atoms with Crippen LogP contribution in [0.25, 0.3) is 0 Å². The van der Waals surface area contributed by atoms with Crippen molar-refractivity contribution in [2.75, 3.05) is 17.8 Å². The summed E-state index contributed by atoms with van der Waals surface area (Å²) in [7, 11) is -3.50. The number of hydrogen-bond acceptors (Lipinski definition) is 3. The van der Waals surface area contributed by atoms with Crippen molar-refractivity contribution in [1.29, 1.82) is 0 Å². The Morgan fingerprint density at radius 1 is 1.04 bits per heavy atom. The topological polar surface area (TPSA) is 70.2 Å². The fourth-order valence-corrected chi connectivity index (χ4v) is 7.65. The van der Waals surface area contributed by atoms with E-state index >= 15 is 0 Å². The molecule has 28 heavy (non-hydrogen) atoms. The standard InChI is InChI=1S/C22H35N3O2S/c1-16(2)21-18-11-17-12-19(21)15-22(13-17,14-18)23-9-6-10-24-28(26,27)25-20-7-4-3-5-8-20/h3-5,7-8,16-19,21,23-25H,6,9-15H2,1-2H3. The first kappa shape index (κ1) is 20.2. The van der Waals surface area contributed by atoms with Crippen LogP contribution in [0.5, 0.6) is 0 Å². The first-order valence-corrected chi connectivity index (χ1v) is 12.4. The van der Waals surface area contributed by atoms with E-state index in [1.807, 2.05) is 18.2 Å². The van der Waals surface area contributed by atoms with Crippen molar-refractivity contribution in [1.82, 2.24) is 10.0 Å². The van der Waals surface area contributed by atoms with Gasteiger partial charge in [-0.3, -0.25) is 4.72 Å². The van der Waals surface area contributed by atoms with Gasteiger partial charge in [-0.2, -0.15) is 13.1 Å². The first-order valence-electron chi connectivity index (χ1n) is 10.9. The normalized spacial score (nSPS) is 34.1. The highest BCUT2D eigenvalue weighted by molar-refractivity contribution is 7.90. The predicted molar refractivity (Wildman–Crippen MR) is 114 cm³/mol. The quantitative estimate of drug-likeness (QED) is 0.548. The van der Waals surface area contributed by atoms with Crippen molar-refractivity contribution in [2.45, 2.75) is 57.9 Å². The minimum atomic E-state index is -3.50. The van der Waals surface area contributed by atoms with Gasteiger partial charge in [-0.15, -0.1) is 0 Å². The molecule has 156 valence electrons. The Labute approximate surface area is 170 Å². The Balaban J connectivity index is 1.23. The summed E-state index contributed by atoms with van der Waals surface area (Å²) >= 11 is 0. The maximum absolute atomic E-state index is 12.1. The molecule has 2 atom stereocenters. The highest BCUT2D eigenvalue weighted by atomic mass is 32.2. The minimum Gasteiger partial charge on any atom is -0.311 e. The molecule has 0 spiro atoms. The van der Waals surface area contributed by atoms with Crippen molar-refractivity contribution >= 4 is 15.9 Å². The molecule has 0 radical (unpaired) electrons. The largest absolute Gasteiger partial charge is 0.311 e. The molecule has 1 aromatic rings. The van der Waals surface area contributed by atoms with E-state index < -0.39 is 10.2 Å². The summed E-state index contributed by atoms with van der Waals surface area (Å²) in [6.45, 7) is 6.15. The molecule has 0 saturated heterocycles. The van der Waals surface area contributed by atoms with Gasteiger partial charge in [0.1, 0.15) is 0 Å². The lowest BCUT2D eigenvalue weighted by molar-refractivity contribution is -0.0819. The van der Waals surface area contributed by atoms with Crippen LogP contribution in [0, 0.1) is 29.6 Å². The fourth-order valence-electron chi connectivity index (χ4n) is 6.71. The van der Waals surface area contributed by atoms with Gasteiger partial charge in [0.15, 0.2) is 0 Å². The van der Waals surface area contributed by atoms with Gasteiger partial charge >= 0.3 is 0 Å². The average molecular weight is 406 g/mol. The minimum absolute atomic E-state index is 0.322. The molecule has 0 amide bonds. The monoisotopic (exact) mass is 405 g/mol. The third kappa shape index (κ3) is 4.39. The molecule has 2 unspecified atom stereocenters. The Bertz CT molecular complexity index is 749. The summed E-state index contributed by atoms with van der Waals surface area (Å²) in [5.74, 6) is 4.43. The Hall–Kier alpha value is -1.11. The molecule has 0 heterocycles. The van der Waals surface area contributed by atoms with Crippen LogP contribution in [0.2, 0.25) is 0 Å². The smallest absolute Gasteiger partial charge is 0.299 e. The lowest BCUT2D eigenvalue weighted by Crippen LogP contribution is -2.62. The van der Waals surface area contributed by atoms with Crippen molar-refractivity contribution in [3.63, 3.8) is 0 Å². The summed E-state index contributed by atoms with van der Waals surface area (Å²) in [4.78, 5) is 0. The molecule has 6 heteroatoms. The van der Waals surface area contributed by atoms with Crippen molar-refractivity contribution in [3.05, 3.63) is 30.3 Å². The molecule has 4 bridgehead atoms. The van der Waals surface area contributed by atoms with E-state index in [2.05, 4.69) is 28.6 Å². The molecule has 5 rings (SSSR count). The number of nitrogens with one attached hydrogen (secondary N) is 3. The van der Waals surface area contributed by atoms with E-state index in [0.717, 1.165) is 42.6 Å². The van der Waals surface area contributed by atoms with Gasteiger partial charge in [0.25, 0.3) is 10.2 Å². The van der Waals surface area contributed by atoms with Gasteiger partial charge in [-0.25, -0.2) is 0 Å². The predicted octanol–water partition coefficient (Wildman–Crippen LogP) is 3.76. The number of anilines is 1. The Morgan fingerprint density at radius 2 is 1.71 bits per heavy atom. The molecule has 4 fully saturated rings. The van der Waals surface area contributed by atoms with E-state index in [4.69, 9.17) is 0 Å². The van der Waals surface area contributed by atoms with Crippen LogP contribution in [-0.2, 0) is 10.2 Å². The van der Waals surface area contributed by atoms with Crippen molar-refractivity contribution in [2.24, 2.45) is 29.6 Å². The van der Waals surface area contributed by atoms with Gasteiger partial charge in [0.05, 0.1) is 0 Å². The van der Waals surface area contributed by atoms with E-state index in [-0.39, 0.29) is 0 Å². The molecule has 5 nitrogen and oxygen atoms in total.